The molecule has 2 rings (SSSR count). The van der Waals surface area contributed by atoms with Crippen LogP contribution in [0.25, 0.3) is 0 Å². The summed E-state index contributed by atoms with van der Waals surface area (Å²) >= 11 is 0. The third-order valence-corrected chi connectivity index (χ3v) is 3.55. The van der Waals surface area contributed by atoms with E-state index < -0.39 is 23.3 Å². The van der Waals surface area contributed by atoms with Crippen LogP contribution in [0, 0.1) is 23.0 Å². The molecule has 0 bridgehead atoms. The summed E-state index contributed by atoms with van der Waals surface area (Å²) < 4.78 is 38.2. The third-order valence-electron chi connectivity index (χ3n) is 3.55. The maximum atomic E-state index is 13.9. The summed E-state index contributed by atoms with van der Waals surface area (Å²) in [6.07, 6.45) is 0.253. The van der Waals surface area contributed by atoms with Crippen LogP contribution in [0.2, 0.25) is 0 Å². The number of likely N-dealkylation sites (tertiary alicyclic amines) is 1. The van der Waals surface area contributed by atoms with Crippen molar-refractivity contribution in [3.05, 3.63) is 29.3 Å². The molecular weight excluding hydrogens is 318 g/mol. The molecule has 0 N–H and O–H groups in total. The molecule has 1 heterocycles. The lowest BCUT2D eigenvalue weighted by Crippen LogP contribution is -2.44. The fourth-order valence-electron chi connectivity index (χ4n) is 2.37. The highest BCUT2D eigenvalue weighted by Crippen LogP contribution is 2.26. The lowest BCUT2D eigenvalue weighted by atomic mass is 10.1. The van der Waals surface area contributed by atoms with E-state index in [1.165, 1.54) is 12.1 Å². The van der Waals surface area contributed by atoms with Crippen molar-refractivity contribution in [3.63, 3.8) is 0 Å². The molecule has 0 spiro atoms. The van der Waals surface area contributed by atoms with Crippen LogP contribution in [0.15, 0.2) is 12.1 Å². The first-order valence-electron chi connectivity index (χ1n) is 7.74. The molecule has 1 saturated heterocycles. The zero-order chi connectivity index (χ0) is 17.9. The maximum absolute atomic E-state index is 13.9. The minimum Gasteiger partial charge on any atom is -0.487 e. The number of amides is 1. The summed E-state index contributed by atoms with van der Waals surface area (Å²) in [5.74, 6) is -2.59. The first-order chi connectivity index (χ1) is 11.2. The van der Waals surface area contributed by atoms with Gasteiger partial charge in [0.25, 0.3) is 0 Å². The number of nitrogens with zero attached hydrogens (tertiary/aromatic N) is 2. The van der Waals surface area contributed by atoms with E-state index in [1.54, 1.807) is 31.7 Å². The van der Waals surface area contributed by atoms with Gasteiger partial charge in [-0.3, -0.25) is 0 Å². The number of hydrogen-bond donors (Lipinski definition) is 0. The monoisotopic (exact) mass is 338 g/mol. The summed E-state index contributed by atoms with van der Waals surface area (Å²) in [4.78, 5) is 13.5. The maximum Gasteiger partial charge on any atom is 0.410 e. The Morgan fingerprint density at radius 2 is 1.88 bits per heavy atom. The van der Waals surface area contributed by atoms with Gasteiger partial charge in [-0.15, -0.1) is 0 Å². The number of piperidine rings is 1. The minimum absolute atomic E-state index is 0.220. The van der Waals surface area contributed by atoms with E-state index in [-0.39, 0.29) is 17.4 Å². The van der Waals surface area contributed by atoms with Gasteiger partial charge in [0.15, 0.2) is 11.6 Å². The molecule has 130 valence electrons. The molecule has 24 heavy (non-hydrogen) atoms. The van der Waals surface area contributed by atoms with Crippen molar-refractivity contribution in [2.45, 2.75) is 45.3 Å². The Labute approximate surface area is 139 Å². The van der Waals surface area contributed by atoms with Crippen molar-refractivity contribution in [3.8, 4) is 11.8 Å². The Hall–Kier alpha value is -2.36. The van der Waals surface area contributed by atoms with Crippen molar-refractivity contribution in [2.75, 3.05) is 13.1 Å². The molecular formula is C17H20F2N2O3. The lowest BCUT2D eigenvalue weighted by Gasteiger charge is -2.33. The number of rotatable bonds is 2. The van der Waals surface area contributed by atoms with E-state index in [4.69, 9.17) is 14.7 Å². The molecule has 0 atom stereocenters. The second-order valence-electron chi connectivity index (χ2n) is 6.64. The Morgan fingerprint density at radius 3 is 2.42 bits per heavy atom. The molecule has 1 aliphatic heterocycles. The van der Waals surface area contributed by atoms with Gasteiger partial charge in [0.1, 0.15) is 17.8 Å². The number of benzene rings is 1. The normalized spacial score (nSPS) is 15.8. The van der Waals surface area contributed by atoms with Gasteiger partial charge in [0.2, 0.25) is 5.82 Å². The van der Waals surface area contributed by atoms with E-state index in [1.807, 2.05) is 0 Å². The van der Waals surface area contributed by atoms with Crippen LogP contribution in [0.1, 0.15) is 39.2 Å². The number of ether oxygens (including phenoxy) is 2. The number of hydrogen-bond acceptors (Lipinski definition) is 4. The zero-order valence-electron chi connectivity index (χ0n) is 13.9. The summed E-state index contributed by atoms with van der Waals surface area (Å²) in [7, 11) is 0. The predicted molar refractivity (Wildman–Crippen MR) is 82.5 cm³/mol. The number of halogens is 2. The zero-order valence-corrected chi connectivity index (χ0v) is 13.9. The molecule has 1 aromatic carbocycles. The lowest BCUT2D eigenvalue weighted by molar-refractivity contribution is 0.0123. The van der Waals surface area contributed by atoms with E-state index in [2.05, 4.69) is 0 Å². The van der Waals surface area contributed by atoms with Gasteiger partial charge in [-0.25, -0.2) is 9.18 Å². The van der Waals surface area contributed by atoms with Crippen molar-refractivity contribution in [1.82, 2.24) is 4.90 Å². The smallest absolute Gasteiger partial charge is 0.410 e. The van der Waals surface area contributed by atoms with Crippen LogP contribution in [-0.2, 0) is 4.74 Å². The van der Waals surface area contributed by atoms with Crippen LogP contribution in [0.3, 0.4) is 0 Å². The predicted octanol–water partition coefficient (Wildman–Crippen LogP) is 3.61. The molecule has 1 fully saturated rings. The van der Waals surface area contributed by atoms with Crippen LogP contribution in [0.4, 0.5) is 13.6 Å². The van der Waals surface area contributed by atoms with E-state index in [0.717, 1.165) is 0 Å². The Balaban J connectivity index is 1.93. The average molecular weight is 338 g/mol. The standard InChI is InChI=1S/C17H20F2N2O3/c1-17(2,3)24-16(22)21-8-6-12(7-9-21)23-13-5-4-11(10-20)14(18)15(13)19/h4-5,12H,6-9H2,1-3H3. The Morgan fingerprint density at radius 1 is 1.25 bits per heavy atom. The van der Waals surface area contributed by atoms with Crippen molar-refractivity contribution >= 4 is 6.09 Å². The van der Waals surface area contributed by atoms with Gasteiger partial charge in [0, 0.05) is 25.9 Å². The van der Waals surface area contributed by atoms with Crippen LogP contribution < -0.4 is 4.74 Å². The van der Waals surface area contributed by atoms with Gasteiger partial charge in [-0.1, -0.05) is 0 Å². The topological polar surface area (TPSA) is 62.6 Å². The van der Waals surface area contributed by atoms with E-state index >= 15 is 0 Å². The van der Waals surface area contributed by atoms with Gasteiger partial charge in [-0.2, -0.15) is 9.65 Å². The Bertz CT molecular complexity index is 657. The number of carbonyl (C=O) groups excluding carboxylic acids is 1. The van der Waals surface area contributed by atoms with Crippen LogP contribution >= 0.6 is 0 Å². The highest BCUT2D eigenvalue weighted by atomic mass is 19.2. The summed E-state index contributed by atoms with van der Waals surface area (Å²) in [5, 5.41) is 8.67. The molecule has 0 saturated carbocycles. The Kier molecular flexibility index (Phi) is 5.27. The van der Waals surface area contributed by atoms with Crippen LogP contribution in [-0.4, -0.2) is 35.8 Å². The molecule has 0 aliphatic carbocycles. The van der Waals surface area contributed by atoms with E-state index in [9.17, 15) is 13.6 Å². The molecule has 0 unspecified atom stereocenters. The summed E-state index contributed by atoms with van der Waals surface area (Å²) in [5.41, 5.74) is -0.923. The SMILES string of the molecule is CC(C)(C)OC(=O)N1CCC(Oc2ccc(C#N)c(F)c2F)CC1. The minimum atomic E-state index is -1.21. The largest absolute Gasteiger partial charge is 0.487 e. The van der Waals surface area contributed by atoms with Gasteiger partial charge in [0.05, 0.1) is 5.56 Å². The molecule has 0 radical (unpaired) electrons. The second-order valence-corrected chi connectivity index (χ2v) is 6.64. The molecule has 1 aliphatic rings. The third kappa shape index (κ3) is 4.34. The molecule has 1 aromatic rings. The van der Waals surface area contributed by atoms with Crippen molar-refractivity contribution in [2.24, 2.45) is 0 Å². The van der Waals surface area contributed by atoms with Gasteiger partial charge >= 0.3 is 6.09 Å². The fourth-order valence-corrected chi connectivity index (χ4v) is 2.37. The summed E-state index contributed by atoms with van der Waals surface area (Å²) in [6.45, 7) is 6.22. The highest BCUT2D eigenvalue weighted by molar-refractivity contribution is 5.68. The van der Waals surface area contributed by atoms with Gasteiger partial charge < -0.3 is 14.4 Å². The molecule has 7 heteroatoms. The van der Waals surface area contributed by atoms with Gasteiger partial charge in [-0.05, 0) is 32.9 Å². The highest BCUT2D eigenvalue weighted by Gasteiger charge is 2.28. The van der Waals surface area contributed by atoms with Crippen molar-refractivity contribution in [1.29, 1.82) is 5.26 Å². The molecule has 0 aromatic heterocycles. The quantitative estimate of drug-likeness (QED) is 0.826. The average Bonchev–Trinajstić information content (AvgIpc) is 2.51. The van der Waals surface area contributed by atoms with E-state index in [0.29, 0.717) is 25.9 Å². The first-order valence-corrected chi connectivity index (χ1v) is 7.74. The van der Waals surface area contributed by atoms with Crippen molar-refractivity contribution < 1.29 is 23.0 Å². The first kappa shape index (κ1) is 18.0. The summed E-state index contributed by atoms with van der Waals surface area (Å²) in [6, 6.07) is 4.01. The molecule has 1 amide bonds. The fraction of sp³-hybridized carbons (Fsp3) is 0.529. The molecule has 5 nitrogen and oxygen atoms in total. The second kappa shape index (κ2) is 7.04. The number of nitriles is 1. The van der Waals surface area contributed by atoms with Crippen LogP contribution in [0.5, 0.6) is 5.75 Å². The number of carbonyl (C=O) groups is 1.